The Bertz CT molecular complexity index is 1010. The molecule has 0 saturated heterocycles. The van der Waals surface area contributed by atoms with Crippen LogP contribution in [-0.2, 0) is 6.54 Å². The molecule has 7 nitrogen and oxygen atoms in total. The fraction of sp³-hybridized carbons (Fsp3) is 0.273. The van der Waals surface area contributed by atoms with Crippen LogP contribution < -0.4 is 19.5 Å². The number of ether oxygens (including phenoxy) is 3. The molecule has 9 heteroatoms. The third-order valence-corrected chi connectivity index (χ3v) is 4.19. The summed E-state index contributed by atoms with van der Waals surface area (Å²) in [5.74, 6) is 0.956. The summed E-state index contributed by atoms with van der Waals surface area (Å²) >= 11 is 0. The van der Waals surface area contributed by atoms with Gasteiger partial charge in [0.05, 0.1) is 31.6 Å². The largest absolute Gasteiger partial charge is 0.490 e. The number of alkyl halides is 2. The van der Waals surface area contributed by atoms with Crippen LogP contribution in [0.3, 0.4) is 0 Å². The van der Waals surface area contributed by atoms with Crippen molar-refractivity contribution in [2.75, 3.05) is 18.5 Å². The first kappa shape index (κ1) is 22.1. The van der Waals surface area contributed by atoms with Gasteiger partial charge in [-0.2, -0.15) is 13.9 Å². The molecule has 1 heterocycles. The van der Waals surface area contributed by atoms with Gasteiger partial charge in [-0.25, -0.2) is 0 Å². The zero-order valence-electron chi connectivity index (χ0n) is 17.2. The van der Waals surface area contributed by atoms with Gasteiger partial charge in [0, 0.05) is 11.8 Å². The van der Waals surface area contributed by atoms with Gasteiger partial charge in [-0.05, 0) is 55.8 Å². The quantitative estimate of drug-likeness (QED) is 0.509. The number of aromatic nitrogens is 2. The summed E-state index contributed by atoms with van der Waals surface area (Å²) in [6.45, 7) is 2.45. The number of hydrogen-bond acceptors (Lipinski definition) is 5. The van der Waals surface area contributed by atoms with Gasteiger partial charge in [0.25, 0.3) is 5.91 Å². The molecule has 0 saturated carbocycles. The third kappa shape index (κ3) is 6.18. The molecule has 3 rings (SSSR count). The van der Waals surface area contributed by atoms with Crippen molar-refractivity contribution in [1.29, 1.82) is 0 Å². The van der Waals surface area contributed by atoms with E-state index in [9.17, 15) is 13.6 Å². The first-order chi connectivity index (χ1) is 15.0. The molecule has 1 aromatic heterocycles. The maximum atomic E-state index is 12.4. The molecule has 31 heavy (non-hydrogen) atoms. The molecule has 0 aliphatic rings. The molecular weight excluding hydrogens is 408 g/mol. The van der Waals surface area contributed by atoms with Crippen LogP contribution in [-0.4, -0.2) is 35.5 Å². The zero-order chi connectivity index (χ0) is 22.2. The molecular formula is C22H23F2N3O4. The second-order valence-corrected chi connectivity index (χ2v) is 6.43. The predicted molar refractivity (Wildman–Crippen MR) is 111 cm³/mol. The van der Waals surface area contributed by atoms with E-state index in [-0.39, 0.29) is 11.7 Å². The summed E-state index contributed by atoms with van der Waals surface area (Å²) in [5.41, 5.74) is 1.78. The number of amides is 1. The highest BCUT2D eigenvalue weighted by molar-refractivity contribution is 6.04. The van der Waals surface area contributed by atoms with Gasteiger partial charge in [0.15, 0.2) is 11.5 Å². The number of halogens is 2. The number of nitrogens with one attached hydrogen (secondary N) is 1. The van der Waals surface area contributed by atoms with E-state index in [1.165, 1.54) is 30.5 Å². The van der Waals surface area contributed by atoms with Crippen molar-refractivity contribution < 1.29 is 27.8 Å². The number of carbonyl (C=O) groups excluding carboxylic acids is 1. The van der Waals surface area contributed by atoms with Crippen molar-refractivity contribution in [2.45, 2.75) is 27.0 Å². The second-order valence-electron chi connectivity index (χ2n) is 6.43. The number of rotatable bonds is 10. The minimum absolute atomic E-state index is 0.0128. The summed E-state index contributed by atoms with van der Waals surface area (Å²) in [4.78, 5) is 12.4. The molecule has 0 radical (unpaired) electrons. The fourth-order valence-electron chi connectivity index (χ4n) is 2.89. The molecule has 0 aliphatic heterocycles. The topological polar surface area (TPSA) is 74.6 Å². The van der Waals surface area contributed by atoms with E-state index >= 15 is 0 Å². The summed E-state index contributed by atoms with van der Waals surface area (Å²) in [6.07, 6.45) is 3.23. The van der Waals surface area contributed by atoms with Crippen LogP contribution in [0, 0.1) is 0 Å². The first-order valence-electron chi connectivity index (χ1n) is 9.75. The summed E-state index contributed by atoms with van der Waals surface area (Å²) < 4.78 is 41.6. The van der Waals surface area contributed by atoms with Gasteiger partial charge in [-0.1, -0.05) is 6.07 Å². The van der Waals surface area contributed by atoms with E-state index in [0.717, 1.165) is 5.56 Å². The van der Waals surface area contributed by atoms with Crippen LogP contribution in [0.1, 0.15) is 29.8 Å². The summed E-state index contributed by atoms with van der Waals surface area (Å²) in [7, 11) is 0. The average molecular weight is 431 g/mol. The Labute approximate surface area is 178 Å². The summed E-state index contributed by atoms with van der Waals surface area (Å²) in [6, 6.07) is 11.1. The van der Waals surface area contributed by atoms with E-state index in [0.29, 0.717) is 42.5 Å². The molecule has 0 fully saturated rings. The van der Waals surface area contributed by atoms with Crippen molar-refractivity contribution in [1.82, 2.24) is 9.78 Å². The molecule has 2 aromatic carbocycles. The lowest BCUT2D eigenvalue weighted by Crippen LogP contribution is -2.11. The lowest BCUT2D eigenvalue weighted by Gasteiger charge is -2.12. The molecule has 1 amide bonds. The molecule has 0 bridgehead atoms. The molecule has 164 valence electrons. The highest BCUT2D eigenvalue weighted by atomic mass is 19.3. The van der Waals surface area contributed by atoms with Gasteiger partial charge in [-0.15, -0.1) is 0 Å². The number of anilines is 1. The summed E-state index contributed by atoms with van der Waals surface area (Å²) in [5, 5.41) is 6.99. The molecule has 1 N–H and O–H groups in total. The monoisotopic (exact) mass is 431 g/mol. The van der Waals surface area contributed by atoms with Crippen LogP contribution in [0.5, 0.6) is 17.2 Å². The van der Waals surface area contributed by atoms with Crippen LogP contribution >= 0.6 is 0 Å². The lowest BCUT2D eigenvalue weighted by molar-refractivity contribution is -0.0498. The van der Waals surface area contributed by atoms with Crippen molar-refractivity contribution >= 4 is 11.6 Å². The van der Waals surface area contributed by atoms with Gasteiger partial charge in [-0.3, -0.25) is 9.48 Å². The average Bonchev–Trinajstić information content (AvgIpc) is 3.17. The minimum Gasteiger partial charge on any atom is -0.490 e. The maximum Gasteiger partial charge on any atom is 0.387 e. The smallest absolute Gasteiger partial charge is 0.387 e. The Kier molecular flexibility index (Phi) is 7.42. The van der Waals surface area contributed by atoms with Crippen LogP contribution in [0.25, 0.3) is 0 Å². The molecule has 0 unspecified atom stereocenters. The molecule has 3 aromatic rings. The van der Waals surface area contributed by atoms with Gasteiger partial charge in [0.1, 0.15) is 5.75 Å². The lowest BCUT2D eigenvalue weighted by atomic mass is 10.2. The van der Waals surface area contributed by atoms with Crippen molar-refractivity contribution in [3.05, 3.63) is 66.0 Å². The Morgan fingerprint density at radius 3 is 2.45 bits per heavy atom. The number of benzene rings is 2. The predicted octanol–water partition coefficient (Wildman–Crippen LogP) is 4.58. The highest BCUT2D eigenvalue weighted by Crippen LogP contribution is 2.29. The standard InChI is InChI=1S/C22H23F2N3O4/c1-3-29-19-10-5-15(11-20(19)30-4-2)13-27-14-17(12-25-27)26-21(28)16-6-8-18(9-7-16)31-22(23)24/h5-12,14,22H,3-4,13H2,1-2H3,(H,26,28). The zero-order valence-corrected chi connectivity index (χ0v) is 17.2. The fourth-order valence-corrected chi connectivity index (χ4v) is 2.89. The van der Waals surface area contributed by atoms with Crippen molar-refractivity contribution in [2.24, 2.45) is 0 Å². The SMILES string of the molecule is CCOc1ccc(Cn2cc(NC(=O)c3ccc(OC(F)F)cc3)cn2)cc1OCC. The first-order valence-corrected chi connectivity index (χ1v) is 9.75. The number of hydrogen-bond donors (Lipinski definition) is 1. The molecule has 0 atom stereocenters. The van der Waals surface area contributed by atoms with E-state index in [4.69, 9.17) is 9.47 Å². The van der Waals surface area contributed by atoms with E-state index in [1.807, 2.05) is 32.0 Å². The molecule has 0 spiro atoms. The second kappa shape index (κ2) is 10.4. The number of nitrogens with zero attached hydrogens (tertiary/aromatic N) is 2. The Balaban J connectivity index is 1.63. The maximum absolute atomic E-state index is 12.4. The van der Waals surface area contributed by atoms with Crippen LogP contribution in [0.4, 0.5) is 14.5 Å². The van der Waals surface area contributed by atoms with Crippen LogP contribution in [0.15, 0.2) is 54.9 Å². The highest BCUT2D eigenvalue weighted by Gasteiger charge is 2.11. The normalized spacial score (nSPS) is 10.7. The van der Waals surface area contributed by atoms with E-state index in [2.05, 4.69) is 15.2 Å². The number of carbonyl (C=O) groups is 1. The Hall–Kier alpha value is -3.62. The minimum atomic E-state index is -2.91. The van der Waals surface area contributed by atoms with Gasteiger partial charge >= 0.3 is 6.61 Å². The van der Waals surface area contributed by atoms with E-state index < -0.39 is 6.61 Å². The van der Waals surface area contributed by atoms with Crippen molar-refractivity contribution in [3.63, 3.8) is 0 Å². The third-order valence-electron chi connectivity index (χ3n) is 4.19. The molecule has 0 aliphatic carbocycles. The van der Waals surface area contributed by atoms with Crippen LogP contribution in [0.2, 0.25) is 0 Å². The van der Waals surface area contributed by atoms with Gasteiger partial charge < -0.3 is 19.5 Å². The van der Waals surface area contributed by atoms with E-state index in [1.54, 1.807) is 10.9 Å². The Morgan fingerprint density at radius 1 is 1.06 bits per heavy atom. The Morgan fingerprint density at radius 2 is 1.77 bits per heavy atom. The van der Waals surface area contributed by atoms with Gasteiger partial charge in [0.2, 0.25) is 0 Å². The van der Waals surface area contributed by atoms with Crippen molar-refractivity contribution in [3.8, 4) is 17.2 Å².